The molecule has 1 heterocycles. The second-order valence-electron chi connectivity index (χ2n) is 4.56. The molecule has 0 aliphatic rings. The van der Waals surface area contributed by atoms with Crippen molar-refractivity contribution in [1.82, 2.24) is 4.98 Å². The standard InChI is InChI=1S/C15H12Cl2N2OS/c1-8-5-11(17)13(7-10(8)16)19-15-18-12-4-3-9(20-2)6-14(12)21-15/h3-7H,1-2H3,(H,18,19). The molecule has 0 spiro atoms. The van der Waals surface area contributed by atoms with Gasteiger partial charge in [0.25, 0.3) is 0 Å². The number of ether oxygens (including phenoxy) is 1. The highest BCUT2D eigenvalue weighted by Gasteiger charge is 2.09. The van der Waals surface area contributed by atoms with E-state index >= 15 is 0 Å². The van der Waals surface area contributed by atoms with Gasteiger partial charge in [-0.05, 0) is 42.8 Å². The minimum Gasteiger partial charge on any atom is -0.497 e. The first-order valence-corrected chi connectivity index (χ1v) is 7.81. The van der Waals surface area contributed by atoms with E-state index in [9.17, 15) is 0 Å². The van der Waals surface area contributed by atoms with Crippen LogP contribution in [0.15, 0.2) is 30.3 Å². The van der Waals surface area contributed by atoms with Gasteiger partial charge in [-0.2, -0.15) is 0 Å². The molecule has 6 heteroatoms. The van der Waals surface area contributed by atoms with Crippen LogP contribution >= 0.6 is 34.5 Å². The Bertz CT molecular complexity index is 817. The van der Waals surface area contributed by atoms with E-state index in [1.807, 2.05) is 37.3 Å². The molecule has 0 fully saturated rings. The van der Waals surface area contributed by atoms with E-state index in [0.717, 1.165) is 32.3 Å². The van der Waals surface area contributed by atoms with Crippen molar-refractivity contribution in [3.05, 3.63) is 45.9 Å². The molecule has 3 rings (SSSR count). The first-order chi connectivity index (χ1) is 10.1. The molecule has 0 unspecified atom stereocenters. The number of hydrogen-bond donors (Lipinski definition) is 1. The van der Waals surface area contributed by atoms with E-state index in [-0.39, 0.29) is 0 Å². The summed E-state index contributed by atoms with van der Waals surface area (Å²) >= 11 is 13.9. The summed E-state index contributed by atoms with van der Waals surface area (Å²) in [5, 5.41) is 5.27. The van der Waals surface area contributed by atoms with E-state index in [4.69, 9.17) is 27.9 Å². The SMILES string of the molecule is COc1ccc2nc(Nc3cc(Cl)c(C)cc3Cl)sc2c1. The van der Waals surface area contributed by atoms with Crippen LogP contribution in [0, 0.1) is 6.92 Å². The molecule has 0 aliphatic heterocycles. The number of methoxy groups -OCH3 is 1. The number of rotatable bonds is 3. The molecule has 0 saturated carbocycles. The van der Waals surface area contributed by atoms with E-state index in [1.165, 1.54) is 11.3 Å². The van der Waals surface area contributed by atoms with Crippen molar-refractivity contribution in [3.8, 4) is 5.75 Å². The number of nitrogens with one attached hydrogen (secondary N) is 1. The van der Waals surface area contributed by atoms with Crippen molar-refractivity contribution in [2.45, 2.75) is 6.92 Å². The molecule has 0 aliphatic carbocycles. The summed E-state index contributed by atoms with van der Waals surface area (Å²) in [4.78, 5) is 4.53. The predicted octanol–water partition coefficient (Wildman–Crippen LogP) is 5.66. The molecule has 0 bridgehead atoms. The molecular formula is C15H12Cl2N2OS. The first kappa shape index (κ1) is 14.4. The van der Waals surface area contributed by atoms with Gasteiger partial charge in [0.05, 0.1) is 28.0 Å². The second kappa shape index (κ2) is 5.72. The fourth-order valence-corrected chi connectivity index (χ4v) is 3.28. The number of benzene rings is 2. The first-order valence-electron chi connectivity index (χ1n) is 6.24. The van der Waals surface area contributed by atoms with Gasteiger partial charge in [0.15, 0.2) is 5.13 Å². The van der Waals surface area contributed by atoms with Crippen LogP contribution in [0.25, 0.3) is 10.2 Å². The lowest BCUT2D eigenvalue weighted by atomic mass is 10.2. The normalized spacial score (nSPS) is 10.9. The van der Waals surface area contributed by atoms with Gasteiger partial charge in [0.1, 0.15) is 5.75 Å². The maximum absolute atomic E-state index is 6.23. The number of fused-ring (bicyclic) bond motifs is 1. The summed E-state index contributed by atoms with van der Waals surface area (Å²) in [7, 11) is 1.65. The molecule has 0 amide bonds. The van der Waals surface area contributed by atoms with Crippen molar-refractivity contribution < 1.29 is 4.74 Å². The topological polar surface area (TPSA) is 34.1 Å². The fourth-order valence-electron chi connectivity index (χ4n) is 1.94. The Labute approximate surface area is 136 Å². The summed E-state index contributed by atoms with van der Waals surface area (Å²) in [6, 6.07) is 9.43. The minimum atomic E-state index is 0.619. The zero-order valence-electron chi connectivity index (χ0n) is 11.4. The molecule has 0 radical (unpaired) electrons. The number of aromatic nitrogens is 1. The van der Waals surface area contributed by atoms with Gasteiger partial charge >= 0.3 is 0 Å². The van der Waals surface area contributed by atoms with Crippen LogP contribution in [0.5, 0.6) is 5.75 Å². The lowest BCUT2D eigenvalue weighted by molar-refractivity contribution is 0.415. The summed E-state index contributed by atoms with van der Waals surface area (Å²) in [5.41, 5.74) is 2.61. The third-order valence-electron chi connectivity index (χ3n) is 3.09. The number of aryl methyl sites for hydroxylation is 1. The van der Waals surface area contributed by atoms with Crippen LogP contribution in [0.2, 0.25) is 10.0 Å². The summed E-state index contributed by atoms with van der Waals surface area (Å²) in [5.74, 6) is 0.814. The molecule has 0 atom stereocenters. The summed E-state index contributed by atoms with van der Waals surface area (Å²) < 4.78 is 6.27. The van der Waals surface area contributed by atoms with E-state index in [2.05, 4.69) is 10.3 Å². The van der Waals surface area contributed by atoms with Crippen LogP contribution in [0.4, 0.5) is 10.8 Å². The molecule has 1 aromatic heterocycles. The van der Waals surface area contributed by atoms with E-state index in [1.54, 1.807) is 7.11 Å². The Morgan fingerprint density at radius 1 is 1.14 bits per heavy atom. The molecule has 1 N–H and O–H groups in total. The van der Waals surface area contributed by atoms with Crippen molar-refractivity contribution >= 4 is 55.6 Å². The van der Waals surface area contributed by atoms with Gasteiger partial charge in [-0.3, -0.25) is 0 Å². The summed E-state index contributed by atoms with van der Waals surface area (Å²) in [6.45, 7) is 1.92. The Morgan fingerprint density at radius 2 is 1.95 bits per heavy atom. The monoisotopic (exact) mass is 338 g/mol. The average Bonchev–Trinajstić information content (AvgIpc) is 2.85. The Balaban J connectivity index is 1.96. The largest absolute Gasteiger partial charge is 0.497 e. The number of anilines is 2. The van der Waals surface area contributed by atoms with Crippen molar-refractivity contribution in [3.63, 3.8) is 0 Å². The third kappa shape index (κ3) is 2.93. The number of halogens is 2. The predicted molar refractivity (Wildman–Crippen MR) is 90.7 cm³/mol. The lowest BCUT2D eigenvalue weighted by Crippen LogP contribution is -1.91. The zero-order valence-corrected chi connectivity index (χ0v) is 13.7. The lowest BCUT2D eigenvalue weighted by Gasteiger charge is -2.07. The van der Waals surface area contributed by atoms with Crippen molar-refractivity contribution in [1.29, 1.82) is 0 Å². The van der Waals surface area contributed by atoms with E-state index in [0.29, 0.717) is 10.0 Å². The van der Waals surface area contributed by atoms with Crippen LogP contribution in [0.3, 0.4) is 0 Å². The maximum atomic E-state index is 6.23. The number of nitrogens with zero attached hydrogens (tertiary/aromatic N) is 1. The van der Waals surface area contributed by atoms with E-state index < -0.39 is 0 Å². The average molecular weight is 339 g/mol. The minimum absolute atomic E-state index is 0.619. The number of thiazole rings is 1. The second-order valence-corrected chi connectivity index (χ2v) is 6.40. The maximum Gasteiger partial charge on any atom is 0.188 e. The highest BCUT2D eigenvalue weighted by Crippen LogP contribution is 2.35. The molecule has 0 saturated heterocycles. The van der Waals surface area contributed by atoms with Crippen molar-refractivity contribution in [2.24, 2.45) is 0 Å². The highest BCUT2D eigenvalue weighted by molar-refractivity contribution is 7.22. The Morgan fingerprint density at radius 3 is 2.71 bits per heavy atom. The quantitative estimate of drug-likeness (QED) is 0.668. The van der Waals surface area contributed by atoms with Crippen LogP contribution < -0.4 is 10.1 Å². The van der Waals surface area contributed by atoms with Gasteiger partial charge in [-0.15, -0.1) is 0 Å². The zero-order chi connectivity index (χ0) is 15.0. The fraction of sp³-hybridized carbons (Fsp3) is 0.133. The summed E-state index contributed by atoms with van der Waals surface area (Å²) in [6.07, 6.45) is 0. The van der Waals surface area contributed by atoms with Gasteiger partial charge < -0.3 is 10.1 Å². The van der Waals surface area contributed by atoms with Gasteiger partial charge in [0, 0.05) is 5.02 Å². The Hall–Kier alpha value is -1.49. The third-order valence-corrected chi connectivity index (χ3v) is 4.74. The molecule has 108 valence electrons. The van der Waals surface area contributed by atoms with Gasteiger partial charge in [-0.1, -0.05) is 34.5 Å². The van der Waals surface area contributed by atoms with Crippen LogP contribution in [-0.4, -0.2) is 12.1 Å². The molecule has 2 aromatic carbocycles. The molecule has 21 heavy (non-hydrogen) atoms. The molecule has 3 nitrogen and oxygen atoms in total. The molecule has 3 aromatic rings. The van der Waals surface area contributed by atoms with Crippen LogP contribution in [-0.2, 0) is 0 Å². The Kier molecular flexibility index (Phi) is 3.93. The van der Waals surface area contributed by atoms with Gasteiger partial charge in [0.2, 0.25) is 0 Å². The number of hydrogen-bond acceptors (Lipinski definition) is 4. The highest BCUT2D eigenvalue weighted by atomic mass is 35.5. The van der Waals surface area contributed by atoms with Gasteiger partial charge in [-0.25, -0.2) is 4.98 Å². The van der Waals surface area contributed by atoms with Crippen LogP contribution in [0.1, 0.15) is 5.56 Å². The van der Waals surface area contributed by atoms with Crippen molar-refractivity contribution in [2.75, 3.05) is 12.4 Å². The molecular weight excluding hydrogens is 327 g/mol. The smallest absolute Gasteiger partial charge is 0.188 e.